The maximum Gasteiger partial charge on any atom is 0.338 e. The van der Waals surface area contributed by atoms with Crippen LogP contribution < -0.4 is 15.0 Å². The van der Waals surface area contributed by atoms with Gasteiger partial charge >= 0.3 is 5.97 Å². The van der Waals surface area contributed by atoms with Crippen molar-refractivity contribution in [1.29, 1.82) is 0 Å². The van der Waals surface area contributed by atoms with Gasteiger partial charge in [0, 0.05) is 12.1 Å². The molecular weight excluding hydrogens is 379 g/mol. The zero-order valence-electron chi connectivity index (χ0n) is 15.7. The molecule has 2 aromatic rings. The topological polar surface area (TPSA) is 84.9 Å². The molecule has 0 aliphatic carbocycles. The SMILES string of the molecule is COc1ccc(C(=O)COC(=O)c2ccc3c(c2)NC(=O)C2CCCN32)cc1F. The Morgan fingerprint density at radius 3 is 2.76 bits per heavy atom. The molecule has 8 heteroatoms. The molecule has 1 amide bonds. The lowest BCUT2D eigenvalue weighted by Crippen LogP contribution is -2.43. The van der Waals surface area contributed by atoms with E-state index in [0.717, 1.165) is 31.1 Å². The highest BCUT2D eigenvalue weighted by atomic mass is 19.1. The molecule has 2 heterocycles. The van der Waals surface area contributed by atoms with Crippen molar-refractivity contribution in [2.75, 3.05) is 30.5 Å². The van der Waals surface area contributed by atoms with E-state index in [9.17, 15) is 18.8 Å². The molecular formula is C21H19FN2O5. The molecule has 1 atom stereocenters. The van der Waals surface area contributed by atoms with Crippen LogP contribution in [0.25, 0.3) is 0 Å². The van der Waals surface area contributed by atoms with Gasteiger partial charge in [-0.1, -0.05) is 0 Å². The Kier molecular flexibility index (Phi) is 4.92. The highest BCUT2D eigenvalue weighted by molar-refractivity contribution is 6.06. The van der Waals surface area contributed by atoms with Gasteiger partial charge in [0.15, 0.2) is 24.0 Å². The smallest absolute Gasteiger partial charge is 0.338 e. The van der Waals surface area contributed by atoms with Crippen LogP contribution in [0.2, 0.25) is 0 Å². The van der Waals surface area contributed by atoms with E-state index in [4.69, 9.17) is 9.47 Å². The first-order chi connectivity index (χ1) is 14.0. The molecule has 0 saturated carbocycles. The molecule has 1 fully saturated rings. The Labute approximate surface area is 166 Å². The fraction of sp³-hybridized carbons (Fsp3) is 0.286. The highest BCUT2D eigenvalue weighted by Gasteiger charge is 2.36. The third-order valence-corrected chi connectivity index (χ3v) is 5.16. The lowest BCUT2D eigenvalue weighted by atomic mass is 10.1. The minimum atomic E-state index is -0.701. The summed E-state index contributed by atoms with van der Waals surface area (Å²) >= 11 is 0. The number of benzene rings is 2. The number of halogens is 1. The Balaban J connectivity index is 1.44. The number of nitrogens with zero attached hydrogens (tertiary/aromatic N) is 1. The molecule has 0 radical (unpaired) electrons. The summed E-state index contributed by atoms with van der Waals surface area (Å²) in [5.41, 5.74) is 1.71. The number of anilines is 2. The van der Waals surface area contributed by atoms with Gasteiger partial charge in [-0.3, -0.25) is 9.59 Å². The van der Waals surface area contributed by atoms with Crippen LogP contribution in [0.15, 0.2) is 36.4 Å². The van der Waals surface area contributed by atoms with E-state index in [2.05, 4.69) is 5.32 Å². The van der Waals surface area contributed by atoms with Crippen molar-refractivity contribution in [2.24, 2.45) is 0 Å². The average molecular weight is 398 g/mol. The van der Waals surface area contributed by atoms with E-state index in [1.807, 2.05) is 4.90 Å². The number of hydrogen-bond donors (Lipinski definition) is 1. The van der Waals surface area contributed by atoms with Crippen LogP contribution >= 0.6 is 0 Å². The number of Topliss-reactive ketones (excluding diaryl/α,β-unsaturated/α-hetero) is 1. The summed E-state index contributed by atoms with van der Waals surface area (Å²) in [5, 5.41) is 2.83. The number of nitrogens with one attached hydrogen (secondary N) is 1. The van der Waals surface area contributed by atoms with Crippen LogP contribution in [0.3, 0.4) is 0 Å². The number of fused-ring (bicyclic) bond motifs is 3. The highest BCUT2D eigenvalue weighted by Crippen LogP contribution is 2.37. The normalized spacial score (nSPS) is 17.2. The van der Waals surface area contributed by atoms with E-state index < -0.39 is 24.2 Å². The molecule has 1 saturated heterocycles. The number of carbonyl (C=O) groups excluding carboxylic acids is 3. The maximum absolute atomic E-state index is 13.7. The second-order valence-corrected chi connectivity index (χ2v) is 6.92. The van der Waals surface area contributed by atoms with Gasteiger partial charge in [0.2, 0.25) is 5.91 Å². The summed E-state index contributed by atoms with van der Waals surface area (Å²) in [6.07, 6.45) is 1.75. The molecule has 1 unspecified atom stereocenters. The summed E-state index contributed by atoms with van der Waals surface area (Å²) < 4.78 is 23.6. The van der Waals surface area contributed by atoms with Crippen LogP contribution in [-0.2, 0) is 9.53 Å². The quantitative estimate of drug-likeness (QED) is 0.616. The van der Waals surface area contributed by atoms with Crippen molar-refractivity contribution in [3.63, 3.8) is 0 Å². The van der Waals surface area contributed by atoms with E-state index in [1.54, 1.807) is 18.2 Å². The Morgan fingerprint density at radius 2 is 2.00 bits per heavy atom. The van der Waals surface area contributed by atoms with E-state index in [1.165, 1.54) is 19.2 Å². The maximum atomic E-state index is 13.7. The van der Waals surface area contributed by atoms with Gasteiger partial charge in [-0.25, -0.2) is 9.18 Å². The second-order valence-electron chi connectivity index (χ2n) is 6.92. The average Bonchev–Trinajstić information content (AvgIpc) is 3.22. The molecule has 2 aliphatic heterocycles. The van der Waals surface area contributed by atoms with Crippen LogP contribution in [0.4, 0.5) is 15.8 Å². The fourth-order valence-corrected chi connectivity index (χ4v) is 3.69. The largest absolute Gasteiger partial charge is 0.494 e. The van der Waals surface area contributed by atoms with Crippen LogP contribution in [0.5, 0.6) is 5.75 Å². The molecule has 4 rings (SSSR count). The summed E-state index contributed by atoms with van der Waals surface area (Å²) in [7, 11) is 1.33. The summed E-state index contributed by atoms with van der Waals surface area (Å²) in [6, 6.07) is 8.53. The van der Waals surface area contributed by atoms with Crippen LogP contribution in [0, 0.1) is 5.82 Å². The number of rotatable bonds is 5. The minimum absolute atomic E-state index is 0.0230. The molecule has 0 bridgehead atoms. The Bertz CT molecular complexity index is 1010. The zero-order valence-corrected chi connectivity index (χ0v) is 15.7. The molecule has 2 aliphatic rings. The number of esters is 1. The van der Waals surface area contributed by atoms with Gasteiger partial charge in [-0.05, 0) is 49.2 Å². The Hall–Kier alpha value is -3.42. The molecule has 0 spiro atoms. The number of amides is 1. The predicted molar refractivity (Wildman–Crippen MR) is 103 cm³/mol. The lowest BCUT2D eigenvalue weighted by molar-refractivity contribution is -0.117. The first-order valence-electron chi connectivity index (χ1n) is 9.23. The van der Waals surface area contributed by atoms with Crippen molar-refractivity contribution >= 4 is 29.0 Å². The van der Waals surface area contributed by atoms with E-state index >= 15 is 0 Å². The van der Waals surface area contributed by atoms with E-state index in [-0.39, 0.29) is 28.8 Å². The Morgan fingerprint density at radius 1 is 1.21 bits per heavy atom. The van der Waals surface area contributed by atoms with Crippen molar-refractivity contribution in [2.45, 2.75) is 18.9 Å². The van der Waals surface area contributed by atoms with Crippen LogP contribution in [-0.4, -0.2) is 44.0 Å². The number of carbonyl (C=O) groups is 3. The molecule has 150 valence electrons. The molecule has 29 heavy (non-hydrogen) atoms. The van der Waals surface area contributed by atoms with Crippen molar-refractivity contribution < 1.29 is 28.2 Å². The number of ketones is 1. The third-order valence-electron chi connectivity index (χ3n) is 5.16. The van der Waals surface area contributed by atoms with Crippen molar-refractivity contribution in [3.8, 4) is 5.75 Å². The van der Waals surface area contributed by atoms with Crippen LogP contribution in [0.1, 0.15) is 33.6 Å². The molecule has 1 N–H and O–H groups in total. The van der Waals surface area contributed by atoms with Crippen molar-refractivity contribution in [1.82, 2.24) is 0 Å². The third kappa shape index (κ3) is 3.53. The first kappa shape index (κ1) is 18.9. The van der Waals surface area contributed by atoms with Gasteiger partial charge < -0.3 is 19.7 Å². The lowest BCUT2D eigenvalue weighted by Gasteiger charge is -2.33. The van der Waals surface area contributed by atoms with Gasteiger partial charge in [-0.15, -0.1) is 0 Å². The number of hydrogen-bond acceptors (Lipinski definition) is 6. The molecule has 2 aromatic carbocycles. The van der Waals surface area contributed by atoms with Gasteiger partial charge in [0.05, 0.1) is 24.0 Å². The standard InChI is InChI=1S/C21H19FN2O5/c1-28-19-7-5-12(9-14(19)22)18(25)11-29-21(27)13-4-6-16-15(10-13)23-20(26)17-3-2-8-24(16)17/h4-7,9-10,17H,2-3,8,11H2,1H3,(H,23,26). The number of ether oxygens (including phenoxy) is 2. The van der Waals surface area contributed by atoms with E-state index in [0.29, 0.717) is 5.69 Å². The molecule has 0 aromatic heterocycles. The van der Waals surface area contributed by atoms with Gasteiger partial charge in [0.1, 0.15) is 6.04 Å². The summed E-state index contributed by atoms with van der Waals surface area (Å²) in [6.45, 7) is 0.268. The zero-order chi connectivity index (χ0) is 20.5. The molecule has 7 nitrogen and oxygen atoms in total. The van der Waals surface area contributed by atoms with Gasteiger partial charge in [-0.2, -0.15) is 0 Å². The monoisotopic (exact) mass is 398 g/mol. The number of methoxy groups -OCH3 is 1. The summed E-state index contributed by atoms with van der Waals surface area (Å²) in [5.74, 6) is -1.97. The fourth-order valence-electron chi connectivity index (χ4n) is 3.69. The first-order valence-corrected chi connectivity index (χ1v) is 9.23. The second kappa shape index (κ2) is 7.54. The van der Waals surface area contributed by atoms with Gasteiger partial charge in [0.25, 0.3) is 0 Å². The minimum Gasteiger partial charge on any atom is -0.494 e. The summed E-state index contributed by atoms with van der Waals surface area (Å²) in [4.78, 5) is 38.8. The van der Waals surface area contributed by atoms with Crippen molar-refractivity contribution in [3.05, 3.63) is 53.3 Å². The predicted octanol–water partition coefficient (Wildman–Crippen LogP) is 2.79.